The van der Waals surface area contributed by atoms with Gasteiger partial charge in [0.2, 0.25) is 11.8 Å². The number of hydrogen-bond acceptors (Lipinski definition) is 2. The van der Waals surface area contributed by atoms with E-state index in [1.165, 1.54) is 24.0 Å². The van der Waals surface area contributed by atoms with Crippen molar-refractivity contribution in [2.45, 2.75) is 52.4 Å². The van der Waals surface area contributed by atoms with Crippen LogP contribution in [0.4, 0.5) is 0 Å². The predicted octanol–water partition coefficient (Wildman–Crippen LogP) is 2.98. The number of nitrogens with zero attached hydrogens (tertiary/aromatic N) is 2. The summed E-state index contributed by atoms with van der Waals surface area (Å²) in [6.45, 7) is 6.19. The van der Waals surface area contributed by atoms with Crippen LogP contribution in [-0.2, 0) is 9.59 Å². The van der Waals surface area contributed by atoms with E-state index in [9.17, 15) is 9.59 Å². The summed E-state index contributed by atoms with van der Waals surface area (Å²) in [5, 5.41) is 0. The fourth-order valence-corrected chi connectivity index (χ4v) is 4.89. The number of likely N-dealkylation sites (tertiary alicyclic amines) is 1. The highest BCUT2D eigenvalue weighted by Crippen LogP contribution is 2.51. The van der Waals surface area contributed by atoms with E-state index < -0.39 is 0 Å². The summed E-state index contributed by atoms with van der Waals surface area (Å²) in [6, 6.07) is 0. The first kappa shape index (κ1) is 17.7. The lowest BCUT2D eigenvalue weighted by Crippen LogP contribution is -2.39. The lowest BCUT2D eigenvalue weighted by molar-refractivity contribution is -0.870. The van der Waals surface area contributed by atoms with E-state index in [4.69, 9.17) is 0 Å². The van der Waals surface area contributed by atoms with Gasteiger partial charge in [-0.05, 0) is 37.5 Å². The Morgan fingerprint density at radius 2 is 1.71 bits per heavy atom. The highest BCUT2D eigenvalue weighted by molar-refractivity contribution is 6.05. The summed E-state index contributed by atoms with van der Waals surface area (Å²) < 4.78 is 0.868. The highest BCUT2D eigenvalue weighted by atomic mass is 16.2. The van der Waals surface area contributed by atoms with E-state index in [1.54, 1.807) is 4.90 Å². The predicted molar refractivity (Wildman–Crippen MR) is 95.1 cm³/mol. The second kappa shape index (κ2) is 5.98. The molecule has 3 rings (SSSR count). The molecule has 0 saturated carbocycles. The Morgan fingerprint density at radius 3 is 2.33 bits per heavy atom. The van der Waals surface area contributed by atoms with Crippen molar-refractivity contribution < 1.29 is 14.1 Å². The summed E-state index contributed by atoms with van der Waals surface area (Å²) >= 11 is 0. The molecule has 2 aliphatic carbocycles. The topological polar surface area (TPSA) is 37.4 Å². The van der Waals surface area contributed by atoms with E-state index in [0.29, 0.717) is 6.54 Å². The zero-order valence-corrected chi connectivity index (χ0v) is 16.0. The van der Waals surface area contributed by atoms with E-state index in [0.717, 1.165) is 36.7 Å². The third-order valence-corrected chi connectivity index (χ3v) is 6.28. The molecule has 2 amide bonds. The molecule has 0 radical (unpaired) electrons. The molecular weight excluding hydrogens is 300 g/mol. The van der Waals surface area contributed by atoms with E-state index in [2.05, 4.69) is 35.0 Å². The lowest BCUT2D eigenvalue weighted by Gasteiger charge is -2.40. The minimum atomic E-state index is -0.0854. The number of imide groups is 1. The first-order chi connectivity index (χ1) is 11.1. The fraction of sp³-hybridized carbons (Fsp3) is 0.800. The Labute approximate surface area is 146 Å². The minimum Gasteiger partial charge on any atom is -0.331 e. The van der Waals surface area contributed by atoms with Gasteiger partial charge in [0.25, 0.3) is 0 Å². The number of quaternary nitrogens is 1. The molecule has 0 N–H and O–H groups in total. The van der Waals surface area contributed by atoms with Crippen LogP contribution in [0.25, 0.3) is 0 Å². The number of carbonyl (C=O) groups excluding carboxylic acids is 2. The van der Waals surface area contributed by atoms with Gasteiger partial charge in [-0.2, -0.15) is 0 Å². The van der Waals surface area contributed by atoms with Crippen LogP contribution in [0.5, 0.6) is 0 Å². The molecule has 134 valence electrons. The largest absolute Gasteiger partial charge is 0.331 e. The normalized spacial score (nSPS) is 29.8. The molecule has 1 aliphatic heterocycles. The lowest BCUT2D eigenvalue weighted by atomic mass is 9.63. The van der Waals surface area contributed by atoms with Gasteiger partial charge < -0.3 is 4.48 Å². The van der Waals surface area contributed by atoms with Gasteiger partial charge in [0, 0.05) is 13.0 Å². The first-order valence-corrected chi connectivity index (χ1v) is 9.47. The fourth-order valence-electron chi connectivity index (χ4n) is 4.89. The van der Waals surface area contributed by atoms with Gasteiger partial charge in [-0.25, -0.2) is 0 Å². The Hall–Kier alpha value is -1.16. The molecule has 0 unspecified atom stereocenters. The van der Waals surface area contributed by atoms with Gasteiger partial charge in [0.1, 0.15) is 0 Å². The third kappa shape index (κ3) is 3.17. The quantitative estimate of drug-likeness (QED) is 0.451. The molecule has 4 nitrogen and oxygen atoms in total. The number of carbonyl (C=O) groups is 2. The number of allylic oxidation sites excluding steroid dienone is 2. The van der Waals surface area contributed by atoms with Crippen LogP contribution < -0.4 is 0 Å². The van der Waals surface area contributed by atoms with Crippen LogP contribution in [0.1, 0.15) is 52.4 Å². The standard InChI is InChI=1S/C20H33N2O2/c1-20(2)9-6-8-14-12-15-16(13-17(14)20)19(24)21(18(15)23)10-7-11-22(3,4)5/h15-16H,6-13H2,1-5H3/q+1/t15-,16+/m0/s1. The SMILES string of the molecule is CC1(C)CCCC2=C1C[C@H]1C(=O)N(CCC[N+](C)(C)C)C(=O)[C@H]1C2. The summed E-state index contributed by atoms with van der Waals surface area (Å²) in [7, 11) is 6.44. The maximum absolute atomic E-state index is 12.9. The van der Waals surface area contributed by atoms with Gasteiger partial charge in [-0.3, -0.25) is 14.5 Å². The number of fused-ring (bicyclic) bond motifs is 1. The van der Waals surface area contributed by atoms with Crippen LogP contribution >= 0.6 is 0 Å². The number of amides is 2. The average Bonchev–Trinajstić information content (AvgIpc) is 2.69. The van der Waals surface area contributed by atoms with Crippen LogP contribution in [0, 0.1) is 17.3 Å². The molecule has 0 bridgehead atoms. The van der Waals surface area contributed by atoms with Crippen molar-refractivity contribution >= 4 is 11.8 Å². The number of hydrogen-bond donors (Lipinski definition) is 0. The van der Waals surface area contributed by atoms with Gasteiger partial charge >= 0.3 is 0 Å². The molecule has 1 heterocycles. The molecule has 0 aromatic rings. The second-order valence-corrected chi connectivity index (χ2v) is 9.64. The van der Waals surface area contributed by atoms with E-state index >= 15 is 0 Å². The third-order valence-electron chi connectivity index (χ3n) is 6.28. The van der Waals surface area contributed by atoms with E-state index in [1.807, 2.05) is 0 Å². The molecule has 3 aliphatic rings. The van der Waals surface area contributed by atoms with Crippen molar-refractivity contribution in [3.63, 3.8) is 0 Å². The summed E-state index contributed by atoms with van der Waals surface area (Å²) in [4.78, 5) is 27.3. The van der Waals surface area contributed by atoms with Crippen molar-refractivity contribution in [1.82, 2.24) is 4.90 Å². The van der Waals surface area contributed by atoms with Gasteiger partial charge in [-0.15, -0.1) is 0 Å². The molecule has 0 aromatic heterocycles. The Bertz CT molecular complexity index is 583. The Balaban J connectivity index is 1.73. The zero-order chi connectivity index (χ0) is 17.7. The summed E-state index contributed by atoms with van der Waals surface area (Å²) in [6.07, 6.45) is 6.10. The van der Waals surface area contributed by atoms with Gasteiger partial charge in [0.15, 0.2) is 0 Å². The molecule has 2 atom stereocenters. The summed E-state index contributed by atoms with van der Waals surface area (Å²) in [5.41, 5.74) is 3.19. The smallest absolute Gasteiger partial charge is 0.233 e. The molecule has 0 aromatic carbocycles. The van der Waals surface area contributed by atoms with Crippen molar-refractivity contribution in [3.8, 4) is 0 Å². The van der Waals surface area contributed by atoms with Crippen molar-refractivity contribution in [1.29, 1.82) is 0 Å². The first-order valence-electron chi connectivity index (χ1n) is 9.47. The van der Waals surface area contributed by atoms with Crippen molar-refractivity contribution in [2.75, 3.05) is 34.2 Å². The van der Waals surface area contributed by atoms with Crippen LogP contribution in [0.2, 0.25) is 0 Å². The van der Waals surface area contributed by atoms with Crippen molar-refractivity contribution in [2.24, 2.45) is 17.3 Å². The van der Waals surface area contributed by atoms with Crippen LogP contribution in [0.15, 0.2) is 11.1 Å². The Kier molecular flexibility index (Phi) is 4.40. The molecule has 4 heteroatoms. The molecule has 1 fully saturated rings. The maximum Gasteiger partial charge on any atom is 0.233 e. The Morgan fingerprint density at radius 1 is 1.08 bits per heavy atom. The second-order valence-electron chi connectivity index (χ2n) is 9.64. The minimum absolute atomic E-state index is 0.0747. The number of rotatable bonds is 4. The van der Waals surface area contributed by atoms with E-state index in [-0.39, 0.29) is 29.1 Å². The average molecular weight is 333 g/mol. The van der Waals surface area contributed by atoms with Gasteiger partial charge in [0.05, 0.1) is 39.5 Å². The summed E-state index contributed by atoms with van der Waals surface area (Å²) in [5.74, 6) is 0.0349. The van der Waals surface area contributed by atoms with Crippen LogP contribution in [-0.4, -0.2) is 55.4 Å². The molecular formula is C20H33N2O2+. The molecule has 24 heavy (non-hydrogen) atoms. The highest BCUT2D eigenvalue weighted by Gasteiger charge is 2.51. The zero-order valence-electron chi connectivity index (χ0n) is 16.0. The molecule has 1 saturated heterocycles. The van der Waals surface area contributed by atoms with Gasteiger partial charge in [-0.1, -0.05) is 25.0 Å². The van der Waals surface area contributed by atoms with Crippen molar-refractivity contribution in [3.05, 3.63) is 11.1 Å². The van der Waals surface area contributed by atoms with Crippen LogP contribution in [0.3, 0.4) is 0 Å². The monoisotopic (exact) mass is 333 g/mol. The maximum atomic E-state index is 12.9. The molecule has 0 spiro atoms.